The molecule has 0 fully saturated rings. The van der Waals surface area contributed by atoms with E-state index in [2.05, 4.69) is 27.1 Å². The molecule has 0 radical (unpaired) electrons. The quantitative estimate of drug-likeness (QED) is 0.467. The molecule has 128 valence electrons. The Hall–Kier alpha value is -2.43. The van der Waals surface area contributed by atoms with E-state index in [1.807, 2.05) is 0 Å². The van der Waals surface area contributed by atoms with Crippen LogP contribution in [0, 0.1) is 23.7 Å². The van der Waals surface area contributed by atoms with Crippen LogP contribution in [0.1, 0.15) is 19.8 Å². The summed E-state index contributed by atoms with van der Waals surface area (Å²) in [6, 6.07) is 0. The lowest BCUT2D eigenvalue weighted by molar-refractivity contribution is -0.121. The predicted octanol–water partition coefficient (Wildman–Crippen LogP) is 2.93. The molecule has 0 spiro atoms. The molecule has 8 heteroatoms. The average molecular weight is 341 g/mol. The Morgan fingerprint density at radius 1 is 1.38 bits per heavy atom. The fraction of sp³-hybridized carbons (Fsp3) is 0.438. The van der Waals surface area contributed by atoms with E-state index in [1.165, 1.54) is 6.20 Å². The van der Waals surface area contributed by atoms with Gasteiger partial charge in [-0.05, 0) is 0 Å². The first-order valence-corrected chi connectivity index (χ1v) is 7.24. The number of aliphatic imine (C=N–C) groups is 2. The highest BCUT2D eigenvalue weighted by Crippen LogP contribution is 2.30. The molecule has 4 nitrogen and oxygen atoms in total. The second-order valence-corrected chi connectivity index (χ2v) is 5.45. The van der Waals surface area contributed by atoms with Crippen LogP contribution in [0.5, 0.6) is 0 Å². The molecule has 2 heterocycles. The monoisotopic (exact) mass is 341 g/mol. The zero-order valence-corrected chi connectivity index (χ0v) is 12.8. The summed E-state index contributed by atoms with van der Waals surface area (Å²) in [4.78, 5) is 18.3. The van der Waals surface area contributed by atoms with Gasteiger partial charge in [-0.25, -0.2) is 4.39 Å². The van der Waals surface area contributed by atoms with E-state index < -0.39 is 24.3 Å². The van der Waals surface area contributed by atoms with Crippen LogP contribution < -0.4 is 5.32 Å². The Balaban J connectivity index is 2.22. The number of nitrogens with zero attached hydrogens (tertiary/aromatic N) is 2. The van der Waals surface area contributed by atoms with Gasteiger partial charge in [-0.2, -0.15) is 13.2 Å². The Bertz CT molecular complexity index is 692. The molecule has 1 amide bonds. The second-order valence-electron chi connectivity index (χ2n) is 5.45. The van der Waals surface area contributed by atoms with E-state index >= 15 is 0 Å². The van der Waals surface area contributed by atoms with E-state index in [4.69, 9.17) is 0 Å². The number of alkyl halides is 3. The number of rotatable bonds is 5. The summed E-state index contributed by atoms with van der Waals surface area (Å²) in [7, 11) is 0. The smallest absolute Gasteiger partial charge is 0.358 e. The number of hydrogen-bond donors (Lipinski definition) is 1. The standard InChI is InChI=1S/C16H15F4N3O/c1-10-13(7-21-9-24)14(17)8-23-15(10)11-3-2-4-12(22-6-11)5-16(18,19)20/h6,8-10,13H,3,5,7H2,1H3,(H,21,24). The van der Waals surface area contributed by atoms with Gasteiger partial charge in [0.2, 0.25) is 6.41 Å². The molecule has 1 N–H and O–H groups in total. The van der Waals surface area contributed by atoms with Gasteiger partial charge in [-0.15, -0.1) is 0 Å². The molecule has 0 aromatic rings. The van der Waals surface area contributed by atoms with Gasteiger partial charge in [-0.1, -0.05) is 18.8 Å². The molecular weight excluding hydrogens is 326 g/mol. The van der Waals surface area contributed by atoms with Gasteiger partial charge in [0, 0.05) is 42.3 Å². The number of hydrogen-bond acceptors (Lipinski definition) is 3. The number of halogens is 4. The SMILES string of the molecule is CC1C(C2=CN=C(CC(F)(F)F)C#CC2)=NC=C(F)C1CNC=O. The van der Waals surface area contributed by atoms with Crippen LogP contribution in [0.4, 0.5) is 17.6 Å². The van der Waals surface area contributed by atoms with Gasteiger partial charge in [0.15, 0.2) is 0 Å². The third-order valence-corrected chi connectivity index (χ3v) is 3.72. The number of amides is 1. The molecule has 0 saturated heterocycles. The lowest BCUT2D eigenvalue weighted by Crippen LogP contribution is -2.33. The Morgan fingerprint density at radius 3 is 2.79 bits per heavy atom. The molecule has 2 aliphatic rings. The van der Waals surface area contributed by atoms with Crippen LogP contribution in [0.25, 0.3) is 0 Å². The van der Waals surface area contributed by atoms with Gasteiger partial charge < -0.3 is 5.32 Å². The predicted molar refractivity (Wildman–Crippen MR) is 81.9 cm³/mol. The maximum absolute atomic E-state index is 13.9. The minimum absolute atomic E-state index is 0.105. The molecule has 2 aliphatic heterocycles. The molecule has 2 rings (SSSR count). The van der Waals surface area contributed by atoms with E-state index in [0.29, 0.717) is 17.7 Å². The molecule has 0 bridgehead atoms. The van der Waals surface area contributed by atoms with Crippen molar-refractivity contribution in [3.8, 4) is 11.8 Å². The van der Waals surface area contributed by atoms with Crippen LogP contribution in [-0.2, 0) is 4.79 Å². The largest absolute Gasteiger partial charge is 0.395 e. The van der Waals surface area contributed by atoms with E-state index in [-0.39, 0.29) is 24.6 Å². The second kappa shape index (κ2) is 7.43. The van der Waals surface area contributed by atoms with E-state index in [1.54, 1.807) is 6.92 Å². The molecule has 2 atom stereocenters. The summed E-state index contributed by atoms with van der Waals surface area (Å²) in [6.45, 7) is 1.84. The van der Waals surface area contributed by atoms with E-state index in [0.717, 1.165) is 6.20 Å². The Kier molecular flexibility index (Phi) is 5.54. The highest BCUT2D eigenvalue weighted by Gasteiger charge is 2.32. The van der Waals surface area contributed by atoms with Crippen molar-refractivity contribution >= 4 is 17.8 Å². The average Bonchev–Trinajstić information content (AvgIpc) is 2.71. The van der Waals surface area contributed by atoms with Crippen molar-refractivity contribution in [3.63, 3.8) is 0 Å². The van der Waals surface area contributed by atoms with Crippen molar-refractivity contribution in [2.24, 2.45) is 21.8 Å². The minimum atomic E-state index is -4.38. The third kappa shape index (κ3) is 4.54. The topological polar surface area (TPSA) is 53.8 Å². The molecular formula is C16H15F4N3O. The lowest BCUT2D eigenvalue weighted by atomic mass is 9.83. The van der Waals surface area contributed by atoms with Crippen LogP contribution in [0.3, 0.4) is 0 Å². The summed E-state index contributed by atoms with van der Waals surface area (Å²) >= 11 is 0. The number of nitrogens with one attached hydrogen (secondary N) is 1. The number of allylic oxidation sites excluding steroid dienone is 1. The van der Waals surface area contributed by atoms with Gasteiger partial charge in [-0.3, -0.25) is 14.8 Å². The molecule has 0 saturated carbocycles. The Labute approximate surface area is 136 Å². The van der Waals surface area contributed by atoms with Gasteiger partial charge in [0.1, 0.15) is 5.83 Å². The van der Waals surface area contributed by atoms with E-state index in [9.17, 15) is 22.4 Å². The van der Waals surface area contributed by atoms with Crippen molar-refractivity contribution < 1.29 is 22.4 Å². The first-order chi connectivity index (χ1) is 11.3. The van der Waals surface area contributed by atoms with Crippen molar-refractivity contribution in [1.82, 2.24) is 5.32 Å². The third-order valence-electron chi connectivity index (χ3n) is 3.72. The normalized spacial score (nSPS) is 23.7. The summed E-state index contributed by atoms with van der Waals surface area (Å²) in [5.74, 6) is 3.64. The van der Waals surface area contributed by atoms with Crippen molar-refractivity contribution in [3.05, 3.63) is 23.8 Å². The molecule has 24 heavy (non-hydrogen) atoms. The molecule has 0 aromatic carbocycles. The number of carbonyl (C=O) groups excluding carboxylic acids is 1. The lowest BCUT2D eigenvalue weighted by Gasteiger charge is -2.27. The van der Waals surface area contributed by atoms with Gasteiger partial charge in [0.25, 0.3) is 0 Å². The zero-order chi connectivity index (χ0) is 17.7. The molecule has 0 aliphatic carbocycles. The Morgan fingerprint density at radius 2 is 2.12 bits per heavy atom. The highest BCUT2D eigenvalue weighted by molar-refractivity contribution is 6.06. The molecule has 2 unspecified atom stereocenters. The summed E-state index contributed by atoms with van der Waals surface area (Å²) in [6.07, 6.45) is -2.55. The highest BCUT2D eigenvalue weighted by atomic mass is 19.4. The van der Waals surface area contributed by atoms with Crippen LogP contribution >= 0.6 is 0 Å². The van der Waals surface area contributed by atoms with Crippen LogP contribution in [0.2, 0.25) is 0 Å². The van der Waals surface area contributed by atoms with Crippen molar-refractivity contribution in [1.29, 1.82) is 0 Å². The van der Waals surface area contributed by atoms with Crippen molar-refractivity contribution in [2.45, 2.75) is 25.9 Å². The first-order valence-electron chi connectivity index (χ1n) is 7.24. The fourth-order valence-electron chi connectivity index (χ4n) is 2.51. The molecule has 0 aromatic heterocycles. The summed E-state index contributed by atoms with van der Waals surface area (Å²) < 4.78 is 51.2. The maximum Gasteiger partial charge on any atom is 0.395 e. The van der Waals surface area contributed by atoms with Crippen molar-refractivity contribution in [2.75, 3.05) is 6.54 Å². The first kappa shape index (κ1) is 17.9. The summed E-state index contributed by atoms with van der Waals surface area (Å²) in [5.41, 5.74) is 0.801. The number of carbonyl (C=O) groups is 1. The minimum Gasteiger partial charge on any atom is -0.358 e. The zero-order valence-electron chi connectivity index (χ0n) is 12.8. The van der Waals surface area contributed by atoms with Gasteiger partial charge >= 0.3 is 6.18 Å². The summed E-state index contributed by atoms with van der Waals surface area (Å²) in [5, 5.41) is 2.43. The van der Waals surface area contributed by atoms with Gasteiger partial charge in [0.05, 0.1) is 18.3 Å². The fourth-order valence-corrected chi connectivity index (χ4v) is 2.51. The maximum atomic E-state index is 13.9. The van der Waals surface area contributed by atoms with Crippen LogP contribution in [-0.4, -0.2) is 30.6 Å². The van der Waals surface area contributed by atoms with Crippen LogP contribution in [0.15, 0.2) is 33.8 Å².